The van der Waals surface area contributed by atoms with Crippen LogP contribution in [0.5, 0.6) is 0 Å². The van der Waals surface area contributed by atoms with Gasteiger partial charge in [-0.15, -0.1) is 0 Å². The van der Waals surface area contributed by atoms with Gasteiger partial charge in [-0.2, -0.15) is 5.10 Å². The lowest BCUT2D eigenvalue weighted by atomic mass is 10.1. The molecule has 1 heterocycles. The predicted octanol–water partition coefficient (Wildman–Crippen LogP) is 1.44. The van der Waals surface area contributed by atoms with Gasteiger partial charge < -0.3 is 10.4 Å². The Morgan fingerprint density at radius 2 is 2.23 bits per heavy atom. The van der Waals surface area contributed by atoms with Crippen LogP contribution in [0.3, 0.4) is 0 Å². The number of aryl methyl sites for hydroxylation is 2. The lowest BCUT2D eigenvalue weighted by molar-refractivity contribution is -0.122. The van der Waals surface area contributed by atoms with Crippen LogP contribution >= 0.6 is 0 Å². The first-order chi connectivity index (χ1) is 10.6. The molecule has 0 bridgehead atoms. The van der Waals surface area contributed by atoms with Crippen molar-refractivity contribution >= 4 is 5.91 Å². The minimum absolute atomic E-state index is 0.0380. The van der Waals surface area contributed by atoms with Gasteiger partial charge >= 0.3 is 0 Å². The van der Waals surface area contributed by atoms with Crippen LogP contribution in [-0.4, -0.2) is 26.9 Å². The van der Waals surface area contributed by atoms with Crippen LogP contribution in [0.2, 0.25) is 0 Å². The summed E-state index contributed by atoms with van der Waals surface area (Å²) in [7, 11) is 1.89. The summed E-state index contributed by atoms with van der Waals surface area (Å²) >= 11 is 0. The highest BCUT2D eigenvalue weighted by Gasteiger charge is 2.31. The Balaban J connectivity index is 1.61. The van der Waals surface area contributed by atoms with Crippen LogP contribution in [0.4, 0.5) is 0 Å². The van der Waals surface area contributed by atoms with E-state index in [2.05, 4.69) is 10.4 Å². The summed E-state index contributed by atoms with van der Waals surface area (Å²) in [6.07, 6.45) is 2.93. The zero-order valence-electron chi connectivity index (χ0n) is 12.9. The number of aliphatic hydroxyl groups is 1. The molecule has 0 saturated heterocycles. The molecule has 1 aliphatic carbocycles. The van der Waals surface area contributed by atoms with Crippen LogP contribution in [0, 0.1) is 6.92 Å². The second-order valence-electron chi connectivity index (χ2n) is 5.89. The van der Waals surface area contributed by atoms with E-state index in [1.807, 2.05) is 49.1 Å². The summed E-state index contributed by atoms with van der Waals surface area (Å²) in [6.45, 7) is 2.00. The van der Waals surface area contributed by atoms with Crippen LogP contribution in [0.1, 0.15) is 34.8 Å². The van der Waals surface area contributed by atoms with Crippen molar-refractivity contribution in [3.63, 3.8) is 0 Å². The summed E-state index contributed by atoms with van der Waals surface area (Å²) in [5.41, 5.74) is 4.31. The van der Waals surface area contributed by atoms with Crippen molar-refractivity contribution < 1.29 is 9.90 Å². The Morgan fingerprint density at radius 1 is 1.45 bits per heavy atom. The summed E-state index contributed by atoms with van der Waals surface area (Å²) in [5.74, 6) is -0.0380. The van der Waals surface area contributed by atoms with E-state index in [4.69, 9.17) is 0 Å². The number of carbonyl (C=O) groups is 1. The van der Waals surface area contributed by atoms with Gasteiger partial charge in [0.15, 0.2) is 0 Å². The molecule has 5 heteroatoms. The number of carbonyl (C=O) groups excluding carboxylic acids is 1. The molecule has 0 saturated carbocycles. The highest BCUT2D eigenvalue weighted by molar-refractivity contribution is 5.77. The first-order valence-electron chi connectivity index (χ1n) is 7.59. The van der Waals surface area contributed by atoms with Crippen LogP contribution in [0.25, 0.3) is 0 Å². The summed E-state index contributed by atoms with van der Waals surface area (Å²) in [4.78, 5) is 12.2. The standard InChI is InChI=1S/C17H21N3O2/c1-11-13(10-18-20(11)2)7-8-16(22)19-17-14-6-4-3-5-12(14)9-15(17)21/h3-6,10,15,17,21H,7-9H2,1-2H3,(H,19,22)/t15-,17+/m1/s1. The Hall–Kier alpha value is -2.14. The number of nitrogens with zero attached hydrogens (tertiary/aromatic N) is 2. The minimum Gasteiger partial charge on any atom is -0.390 e. The van der Waals surface area contributed by atoms with Gasteiger partial charge in [-0.1, -0.05) is 24.3 Å². The van der Waals surface area contributed by atoms with Gasteiger partial charge in [0.05, 0.1) is 18.3 Å². The van der Waals surface area contributed by atoms with Crippen molar-refractivity contribution in [2.45, 2.75) is 38.3 Å². The second-order valence-corrected chi connectivity index (χ2v) is 5.89. The van der Waals surface area contributed by atoms with E-state index in [1.165, 1.54) is 0 Å². The summed E-state index contributed by atoms with van der Waals surface area (Å²) < 4.78 is 1.81. The smallest absolute Gasteiger partial charge is 0.220 e. The molecule has 116 valence electrons. The van der Waals surface area contributed by atoms with E-state index < -0.39 is 6.10 Å². The molecule has 0 fully saturated rings. The fraction of sp³-hybridized carbons (Fsp3) is 0.412. The second kappa shape index (κ2) is 5.93. The van der Waals surface area contributed by atoms with Crippen molar-refractivity contribution in [3.05, 3.63) is 52.8 Å². The molecule has 0 unspecified atom stereocenters. The normalized spacial score (nSPS) is 20.0. The third kappa shape index (κ3) is 2.76. The molecule has 3 rings (SSSR count). The van der Waals surface area contributed by atoms with Crippen molar-refractivity contribution in [1.82, 2.24) is 15.1 Å². The SMILES string of the molecule is Cc1c(CCC(=O)N[C@H]2c3ccccc3C[C@H]2O)cnn1C. The maximum absolute atomic E-state index is 12.2. The molecule has 1 aliphatic rings. The van der Waals surface area contributed by atoms with Gasteiger partial charge in [-0.05, 0) is 30.0 Å². The average molecular weight is 299 g/mol. The van der Waals surface area contributed by atoms with E-state index in [0.29, 0.717) is 19.3 Å². The number of hydrogen-bond donors (Lipinski definition) is 2. The van der Waals surface area contributed by atoms with Gasteiger partial charge in [0.1, 0.15) is 0 Å². The molecule has 1 amide bonds. The van der Waals surface area contributed by atoms with Crippen molar-refractivity contribution in [3.8, 4) is 0 Å². The minimum atomic E-state index is -0.540. The zero-order valence-corrected chi connectivity index (χ0v) is 12.9. The topological polar surface area (TPSA) is 67.2 Å². The van der Waals surface area contributed by atoms with Crippen molar-refractivity contribution in [2.75, 3.05) is 0 Å². The number of hydrogen-bond acceptors (Lipinski definition) is 3. The largest absolute Gasteiger partial charge is 0.390 e. The van der Waals surface area contributed by atoms with Gasteiger partial charge in [0, 0.05) is 25.6 Å². The highest BCUT2D eigenvalue weighted by atomic mass is 16.3. The van der Waals surface area contributed by atoms with E-state index in [9.17, 15) is 9.90 Å². The van der Waals surface area contributed by atoms with Gasteiger partial charge in [0.2, 0.25) is 5.91 Å². The van der Waals surface area contributed by atoms with Crippen LogP contribution in [-0.2, 0) is 24.7 Å². The zero-order chi connectivity index (χ0) is 15.7. The number of nitrogens with one attached hydrogen (secondary N) is 1. The summed E-state index contributed by atoms with van der Waals surface area (Å²) in [5, 5.41) is 17.3. The van der Waals surface area contributed by atoms with Gasteiger partial charge in [0.25, 0.3) is 0 Å². The third-order valence-electron chi connectivity index (χ3n) is 4.48. The van der Waals surface area contributed by atoms with E-state index in [-0.39, 0.29) is 11.9 Å². The number of aromatic nitrogens is 2. The van der Waals surface area contributed by atoms with E-state index in [0.717, 1.165) is 22.4 Å². The predicted molar refractivity (Wildman–Crippen MR) is 83.3 cm³/mol. The van der Waals surface area contributed by atoms with Gasteiger partial charge in [-0.3, -0.25) is 9.48 Å². The number of rotatable bonds is 4. The Labute approximate surface area is 130 Å². The van der Waals surface area contributed by atoms with Crippen LogP contribution in [0.15, 0.2) is 30.5 Å². The average Bonchev–Trinajstić information content (AvgIpc) is 2.99. The van der Waals surface area contributed by atoms with E-state index in [1.54, 1.807) is 0 Å². The van der Waals surface area contributed by atoms with Crippen molar-refractivity contribution in [2.24, 2.45) is 7.05 Å². The van der Waals surface area contributed by atoms with Crippen LogP contribution < -0.4 is 5.32 Å². The Bertz CT molecular complexity index is 693. The molecule has 2 aromatic rings. The highest BCUT2D eigenvalue weighted by Crippen LogP contribution is 2.31. The number of aliphatic hydroxyl groups excluding tert-OH is 1. The number of fused-ring (bicyclic) bond motifs is 1. The quantitative estimate of drug-likeness (QED) is 0.897. The fourth-order valence-electron chi connectivity index (χ4n) is 3.03. The maximum Gasteiger partial charge on any atom is 0.220 e. The molecule has 1 aromatic heterocycles. The Morgan fingerprint density at radius 3 is 2.95 bits per heavy atom. The first-order valence-corrected chi connectivity index (χ1v) is 7.59. The lowest BCUT2D eigenvalue weighted by Gasteiger charge is -2.18. The molecule has 0 aliphatic heterocycles. The van der Waals surface area contributed by atoms with E-state index >= 15 is 0 Å². The monoisotopic (exact) mass is 299 g/mol. The maximum atomic E-state index is 12.2. The molecular formula is C17H21N3O2. The summed E-state index contributed by atoms with van der Waals surface area (Å²) in [6, 6.07) is 7.58. The molecule has 0 radical (unpaired) electrons. The molecule has 5 nitrogen and oxygen atoms in total. The molecule has 1 aromatic carbocycles. The fourth-order valence-corrected chi connectivity index (χ4v) is 3.03. The molecule has 2 atom stereocenters. The lowest BCUT2D eigenvalue weighted by Crippen LogP contribution is -2.34. The third-order valence-corrected chi connectivity index (χ3v) is 4.48. The molecule has 2 N–H and O–H groups in total. The Kier molecular flexibility index (Phi) is 3.98. The number of amides is 1. The van der Waals surface area contributed by atoms with Gasteiger partial charge in [-0.25, -0.2) is 0 Å². The number of benzene rings is 1. The molecule has 0 spiro atoms. The first kappa shape index (κ1) is 14.8. The molecule has 22 heavy (non-hydrogen) atoms. The molecular weight excluding hydrogens is 278 g/mol. The van der Waals surface area contributed by atoms with Crippen molar-refractivity contribution in [1.29, 1.82) is 0 Å².